The molecule has 4 aromatic rings. The smallest absolute Gasteiger partial charge is 0.253 e. The predicted molar refractivity (Wildman–Crippen MR) is 167 cm³/mol. The number of benzene rings is 3. The second-order valence-corrected chi connectivity index (χ2v) is 10.7. The van der Waals surface area contributed by atoms with E-state index in [0.717, 1.165) is 49.0 Å². The van der Waals surface area contributed by atoms with Crippen molar-refractivity contribution >= 4 is 39.8 Å². The second-order valence-electron chi connectivity index (χ2n) is 10.7. The van der Waals surface area contributed by atoms with Gasteiger partial charge in [0.2, 0.25) is 5.91 Å². The Bertz CT molecular complexity index is 1550. The molecule has 0 spiro atoms. The highest BCUT2D eigenvalue weighted by Crippen LogP contribution is 2.33. The fourth-order valence-electron chi connectivity index (χ4n) is 5.41. The average Bonchev–Trinajstić information content (AvgIpc) is 2.99. The van der Waals surface area contributed by atoms with Gasteiger partial charge in [0.25, 0.3) is 5.91 Å². The van der Waals surface area contributed by atoms with Crippen molar-refractivity contribution in [3.05, 3.63) is 94.7 Å². The number of para-hydroxylation sites is 2. The number of nitrogens with zero attached hydrogens (tertiary/aromatic N) is 1. The minimum Gasteiger partial charge on any atom is -0.384 e. The Kier molecular flexibility index (Phi) is 9.14. The third kappa shape index (κ3) is 6.85. The number of carbonyl (C=O) groups is 2. The lowest BCUT2D eigenvalue weighted by Crippen LogP contribution is -2.37. The van der Waals surface area contributed by atoms with Crippen LogP contribution in [0, 0.1) is 13.8 Å². The molecule has 1 aliphatic carbocycles. The zero-order valence-corrected chi connectivity index (χ0v) is 24.0. The Morgan fingerprint density at radius 3 is 2.46 bits per heavy atom. The lowest BCUT2D eigenvalue weighted by molar-refractivity contribution is -0.120. The fourth-order valence-corrected chi connectivity index (χ4v) is 5.41. The van der Waals surface area contributed by atoms with Gasteiger partial charge in [0, 0.05) is 35.5 Å². The van der Waals surface area contributed by atoms with E-state index < -0.39 is 0 Å². The van der Waals surface area contributed by atoms with Crippen molar-refractivity contribution in [2.75, 3.05) is 30.3 Å². The molecule has 1 aliphatic rings. The summed E-state index contributed by atoms with van der Waals surface area (Å²) in [6.07, 6.45) is 6.30. The third-order valence-electron chi connectivity index (χ3n) is 7.85. The lowest BCUT2D eigenvalue weighted by atomic mass is 9.92. The molecule has 1 aromatic heterocycles. The maximum atomic E-state index is 12.9. The maximum absolute atomic E-state index is 12.9. The molecule has 0 atom stereocenters. The van der Waals surface area contributed by atoms with Crippen LogP contribution >= 0.6 is 0 Å². The van der Waals surface area contributed by atoms with Gasteiger partial charge in [0.1, 0.15) is 0 Å². The van der Waals surface area contributed by atoms with Gasteiger partial charge < -0.3 is 21.3 Å². The molecule has 0 radical (unpaired) electrons. The minimum absolute atomic E-state index is 0.0654. The number of hydrogen-bond acceptors (Lipinski definition) is 5. The van der Waals surface area contributed by atoms with Gasteiger partial charge in [-0.05, 0) is 93.3 Å². The van der Waals surface area contributed by atoms with Gasteiger partial charge >= 0.3 is 0 Å². The summed E-state index contributed by atoms with van der Waals surface area (Å²) in [6, 6.07) is 21.7. The summed E-state index contributed by atoms with van der Waals surface area (Å²) in [7, 11) is 0. The first kappa shape index (κ1) is 28.1. The zero-order valence-electron chi connectivity index (χ0n) is 24.0. The molecule has 0 aliphatic heterocycles. The number of nitrogens with one attached hydrogen (secondary N) is 4. The SMILES string of the molecule is Cc1cccc(Nc2ccccc2C(=O)NCC(=O)NCCCCNc2c3c(nc4ccccc24)CCCC3)c1C. The Labute approximate surface area is 242 Å². The van der Waals surface area contributed by atoms with Crippen LogP contribution in [0.4, 0.5) is 17.1 Å². The van der Waals surface area contributed by atoms with Crippen LogP contribution in [0.2, 0.25) is 0 Å². The molecule has 0 fully saturated rings. The molecule has 41 heavy (non-hydrogen) atoms. The van der Waals surface area contributed by atoms with Crippen molar-refractivity contribution < 1.29 is 9.59 Å². The summed E-state index contributed by atoms with van der Waals surface area (Å²) in [5.74, 6) is -0.480. The monoisotopic (exact) mass is 549 g/mol. The summed E-state index contributed by atoms with van der Waals surface area (Å²) in [5.41, 5.74) is 9.33. The number of aryl methyl sites for hydroxylation is 2. The van der Waals surface area contributed by atoms with Crippen LogP contribution in [0.3, 0.4) is 0 Å². The highest BCUT2D eigenvalue weighted by Gasteiger charge is 2.18. The van der Waals surface area contributed by atoms with Gasteiger partial charge in [-0.3, -0.25) is 14.6 Å². The number of hydrogen-bond donors (Lipinski definition) is 4. The topological polar surface area (TPSA) is 95.2 Å². The number of fused-ring (bicyclic) bond motifs is 2. The van der Waals surface area contributed by atoms with Crippen molar-refractivity contribution in [1.82, 2.24) is 15.6 Å². The van der Waals surface area contributed by atoms with E-state index >= 15 is 0 Å². The number of pyridine rings is 1. The number of amides is 2. The normalized spacial score (nSPS) is 12.4. The van der Waals surface area contributed by atoms with Crippen LogP contribution in [0.5, 0.6) is 0 Å². The van der Waals surface area contributed by atoms with Crippen molar-refractivity contribution in [1.29, 1.82) is 0 Å². The highest BCUT2D eigenvalue weighted by atomic mass is 16.2. The average molecular weight is 550 g/mol. The molecule has 7 nitrogen and oxygen atoms in total. The van der Waals surface area contributed by atoms with Crippen LogP contribution in [0.1, 0.15) is 58.4 Å². The van der Waals surface area contributed by atoms with Crippen LogP contribution in [-0.4, -0.2) is 36.4 Å². The van der Waals surface area contributed by atoms with Crippen LogP contribution in [0.25, 0.3) is 10.9 Å². The molecule has 1 heterocycles. The molecule has 3 aromatic carbocycles. The van der Waals surface area contributed by atoms with Gasteiger partial charge in [-0.1, -0.05) is 42.5 Å². The van der Waals surface area contributed by atoms with E-state index in [9.17, 15) is 9.59 Å². The van der Waals surface area contributed by atoms with Gasteiger partial charge in [0.15, 0.2) is 0 Å². The van der Waals surface area contributed by atoms with E-state index in [1.165, 1.54) is 40.7 Å². The Hall–Kier alpha value is -4.39. The van der Waals surface area contributed by atoms with Crippen LogP contribution < -0.4 is 21.3 Å². The Morgan fingerprint density at radius 1 is 0.805 bits per heavy atom. The quantitative estimate of drug-likeness (QED) is 0.167. The Morgan fingerprint density at radius 2 is 1.56 bits per heavy atom. The molecule has 0 unspecified atom stereocenters. The molecule has 5 rings (SSSR count). The molecule has 7 heteroatoms. The second kappa shape index (κ2) is 13.3. The van der Waals surface area contributed by atoms with Gasteiger partial charge in [0.05, 0.1) is 23.3 Å². The molecular weight excluding hydrogens is 510 g/mol. The number of carbonyl (C=O) groups excluding carboxylic acids is 2. The predicted octanol–water partition coefficient (Wildman–Crippen LogP) is 6.21. The number of unbranched alkanes of at least 4 members (excludes halogenated alkanes) is 1. The van der Waals surface area contributed by atoms with Crippen molar-refractivity contribution in [2.24, 2.45) is 0 Å². The molecule has 0 saturated carbocycles. The summed E-state index contributed by atoms with van der Waals surface area (Å²) in [4.78, 5) is 30.3. The highest BCUT2D eigenvalue weighted by molar-refractivity contribution is 6.01. The zero-order chi connectivity index (χ0) is 28.6. The first-order chi connectivity index (χ1) is 20.0. The van der Waals surface area contributed by atoms with Gasteiger partial charge in [-0.25, -0.2) is 0 Å². The lowest BCUT2D eigenvalue weighted by Gasteiger charge is -2.21. The minimum atomic E-state index is -0.286. The molecule has 0 bridgehead atoms. The van der Waals surface area contributed by atoms with Crippen molar-refractivity contribution in [3.8, 4) is 0 Å². The van der Waals surface area contributed by atoms with E-state index in [4.69, 9.17) is 4.98 Å². The molecule has 0 saturated heterocycles. The maximum Gasteiger partial charge on any atom is 0.253 e. The number of aromatic nitrogens is 1. The molecule has 4 N–H and O–H groups in total. The summed E-state index contributed by atoms with van der Waals surface area (Å²) in [6.45, 7) is 5.44. The summed E-state index contributed by atoms with van der Waals surface area (Å²) >= 11 is 0. The van der Waals surface area contributed by atoms with Crippen molar-refractivity contribution in [3.63, 3.8) is 0 Å². The Balaban J connectivity index is 1.07. The standard InChI is InChI=1S/C34H39N5O2/c1-23-12-11-19-28(24(23)2)38-31-18-8-5-15-27(31)34(41)37-22-32(40)35-20-9-10-21-36-33-25-13-3-6-16-29(25)39-30-17-7-4-14-26(30)33/h3,5-6,8,11-13,15-16,18-19,38H,4,7,9-10,14,17,20-22H2,1-2H3,(H,35,40)(H,36,39)(H,37,41). The molecule has 212 valence electrons. The summed E-state index contributed by atoms with van der Waals surface area (Å²) in [5, 5.41) is 13.9. The van der Waals surface area contributed by atoms with Crippen LogP contribution in [0.15, 0.2) is 66.7 Å². The molecular formula is C34H39N5O2. The van der Waals surface area contributed by atoms with Crippen LogP contribution in [-0.2, 0) is 17.6 Å². The number of anilines is 3. The van der Waals surface area contributed by atoms with Gasteiger partial charge in [-0.15, -0.1) is 0 Å². The van der Waals surface area contributed by atoms with Crippen molar-refractivity contribution in [2.45, 2.75) is 52.4 Å². The van der Waals surface area contributed by atoms with E-state index in [0.29, 0.717) is 17.8 Å². The first-order valence-corrected chi connectivity index (χ1v) is 14.6. The van der Waals surface area contributed by atoms with Gasteiger partial charge in [-0.2, -0.15) is 0 Å². The third-order valence-corrected chi connectivity index (χ3v) is 7.85. The van der Waals surface area contributed by atoms with E-state index in [1.807, 2.05) is 36.4 Å². The first-order valence-electron chi connectivity index (χ1n) is 14.6. The largest absolute Gasteiger partial charge is 0.384 e. The fraction of sp³-hybridized carbons (Fsp3) is 0.324. The number of rotatable bonds is 11. The van der Waals surface area contributed by atoms with E-state index in [1.54, 1.807) is 6.07 Å². The van der Waals surface area contributed by atoms with E-state index in [-0.39, 0.29) is 18.4 Å². The summed E-state index contributed by atoms with van der Waals surface area (Å²) < 4.78 is 0. The molecule has 2 amide bonds. The van der Waals surface area contributed by atoms with E-state index in [2.05, 4.69) is 59.4 Å².